The summed E-state index contributed by atoms with van der Waals surface area (Å²) in [6.45, 7) is 6.49. The van der Waals surface area contributed by atoms with Gasteiger partial charge in [-0.1, -0.05) is 262 Å². The van der Waals surface area contributed by atoms with Crippen LogP contribution >= 0.6 is 0 Å². The number of ether oxygens (including phenoxy) is 3. The molecule has 0 aliphatic carbocycles. The van der Waals surface area contributed by atoms with Crippen molar-refractivity contribution in [3.8, 4) is 0 Å². The molecule has 0 amide bonds. The number of allylic oxidation sites excluding steroid dienone is 8. The highest BCUT2D eigenvalue weighted by Crippen LogP contribution is 2.16. The van der Waals surface area contributed by atoms with Gasteiger partial charge in [0.05, 0.1) is 0 Å². The van der Waals surface area contributed by atoms with Crippen LogP contribution in [-0.2, 0) is 28.6 Å². The van der Waals surface area contributed by atoms with Gasteiger partial charge in [0.25, 0.3) is 0 Å². The molecule has 0 radical (unpaired) electrons. The molecule has 0 aliphatic rings. The summed E-state index contributed by atoms with van der Waals surface area (Å²) in [4.78, 5) is 37.8. The largest absolute Gasteiger partial charge is 0.462 e. The molecule has 0 aromatic carbocycles. The number of rotatable bonds is 51. The van der Waals surface area contributed by atoms with Gasteiger partial charge in [-0.25, -0.2) is 0 Å². The lowest BCUT2D eigenvalue weighted by Gasteiger charge is -2.18. The maximum atomic E-state index is 12.8. The van der Waals surface area contributed by atoms with Crippen LogP contribution in [0, 0.1) is 0 Å². The zero-order chi connectivity index (χ0) is 47.2. The zero-order valence-electron chi connectivity index (χ0n) is 43.3. The molecular formula is C59H106O6. The second-order valence-electron chi connectivity index (χ2n) is 18.8. The van der Waals surface area contributed by atoms with Gasteiger partial charge in [0.15, 0.2) is 6.10 Å². The van der Waals surface area contributed by atoms with Crippen LogP contribution in [0.5, 0.6) is 0 Å². The molecule has 6 nitrogen and oxygen atoms in total. The van der Waals surface area contributed by atoms with E-state index < -0.39 is 6.10 Å². The molecule has 0 aromatic rings. The fourth-order valence-corrected chi connectivity index (χ4v) is 8.14. The number of hydrogen-bond donors (Lipinski definition) is 0. The fourth-order valence-electron chi connectivity index (χ4n) is 8.14. The molecule has 6 heteroatoms. The van der Waals surface area contributed by atoms with Crippen molar-refractivity contribution in [2.45, 2.75) is 297 Å². The standard InChI is InChI=1S/C59H106O6/c1-4-7-10-13-16-18-20-22-24-25-26-27-28-29-30-31-32-33-34-35-36-38-39-41-43-46-49-52-58(61)64-55-56(54-63-57(60)51-48-45-15-12-9-6-3)65-59(62)53-50-47-44-42-40-37-23-21-19-17-14-11-8-5-2/h7,10,16,18,22,24,26-27,56H,4-6,8-9,11-15,17,19-21,23,25,28-55H2,1-3H3/b10-7-,18-16-,24-22-,27-26-. The minimum absolute atomic E-state index is 0.0692. The molecule has 0 bridgehead atoms. The Hall–Kier alpha value is -2.63. The average molecular weight is 911 g/mol. The Bertz CT molecular complexity index is 1140. The van der Waals surface area contributed by atoms with Crippen LogP contribution in [0.3, 0.4) is 0 Å². The Kier molecular flexibility index (Phi) is 51.8. The molecule has 0 spiro atoms. The zero-order valence-corrected chi connectivity index (χ0v) is 43.3. The van der Waals surface area contributed by atoms with E-state index in [1.54, 1.807) is 0 Å². The highest BCUT2D eigenvalue weighted by atomic mass is 16.6. The van der Waals surface area contributed by atoms with Crippen molar-refractivity contribution in [3.63, 3.8) is 0 Å². The first-order valence-corrected chi connectivity index (χ1v) is 28.1. The molecule has 65 heavy (non-hydrogen) atoms. The molecule has 0 fully saturated rings. The Morgan fingerprint density at radius 3 is 0.938 bits per heavy atom. The van der Waals surface area contributed by atoms with Crippen molar-refractivity contribution < 1.29 is 28.6 Å². The van der Waals surface area contributed by atoms with E-state index >= 15 is 0 Å². The smallest absolute Gasteiger partial charge is 0.306 e. The van der Waals surface area contributed by atoms with Gasteiger partial charge < -0.3 is 14.2 Å². The molecule has 1 atom stereocenters. The van der Waals surface area contributed by atoms with Gasteiger partial charge >= 0.3 is 17.9 Å². The molecule has 1 unspecified atom stereocenters. The summed E-state index contributed by atoms with van der Waals surface area (Å²) in [7, 11) is 0. The monoisotopic (exact) mass is 911 g/mol. The lowest BCUT2D eigenvalue weighted by Crippen LogP contribution is -2.30. The van der Waals surface area contributed by atoms with E-state index in [1.807, 2.05) is 0 Å². The fraction of sp³-hybridized carbons (Fsp3) is 0.814. The van der Waals surface area contributed by atoms with E-state index in [2.05, 4.69) is 69.4 Å². The van der Waals surface area contributed by atoms with Gasteiger partial charge in [0, 0.05) is 19.3 Å². The predicted molar refractivity (Wildman–Crippen MR) is 279 cm³/mol. The highest BCUT2D eigenvalue weighted by Gasteiger charge is 2.19. The van der Waals surface area contributed by atoms with E-state index in [1.165, 1.54) is 167 Å². The van der Waals surface area contributed by atoms with Gasteiger partial charge in [-0.2, -0.15) is 0 Å². The summed E-state index contributed by atoms with van der Waals surface area (Å²) < 4.78 is 16.7. The number of unbranched alkanes of at least 4 members (excludes halogenated alkanes) is 32. The highest BCUT2D eigenvalue weighted by molar-refractivity contribution is 5.71. The van der Waals surface area contributed by atoms with E-state index in [0.29, 0.717) is 19.3 Å². The molecule has 0 N–H and O–H groups in total. The SMILES string of the molecule is CC/C=C\C/C=C\C/C=C\C/C=C\CCCCCCCCCCCCCCCCC(=O)OCC(COC(=O)CCCCCCCC)OC(=O)CCCCCCCCCCCCCCCC. The lowest BCUT2D eigenvalue weighted by atomic mass is 10.0. The minimum Gasteiger partial charge on any atom is -0.462 e. The Morgan fingerprint density at radius 2 is 0.600 bits per heavy atom. The van der Waals surface area contributed by atoms with Crippen LogP contribution in [0.25, 0.3) is 0 Å². The van der Waals surface area contributed by atoms with E-state index in [-0.39, 0.29) is 31.1 Å². The molecule has 0 heterocycles. The molecule has 0 saturated heterocycles. The van der Waals surface area contributed by atoms with Crippen molar-refractivity contribution in [1.82, 2.24) is 0 Å². The number of esters is 3. The van der Waals surface area contributed by atoms with Crippen molar-refractivity contribution in [2.75, 3.05) is 13.2 Å². The topological polar surface area (TPSA) is 78.9 Å². The van der Waals surface area contributed by atoms with E-state index in [4.69, 9.17) is 14.2 Å². The van der Waals surface area contributed by atoms with Crippen LogP contribution in [0.1, 0.15) is 290 Å². The Balaban J connectivity index is 4.04. The number of carbonyl (C=O) groups is 3. The predicted octanol–water partition coefficient (Wildman–Crippen LogP) is 18.7. The summed E-state index contributed by atoms with van der Waals surface area (Å²) >= 11 is 0. The Labute approximate surface area is 403 Å². The van der Waals surface area contributed by atoms with Crippen LogP contribution in [0.15, 0.2) is 48.6 Å². The molecule has 0 aromatic heterocycles. The third-order valence-corrected chi connectivity index (χ3v) is 12.3. The molecule has 0 rings (SSSR count). The van der Waals surface area contributed by atoms with E-state index in [0.717, 1.165) is 83.5 Å². The van der Waals surface area contributed by atoms with Gasteiger partial charge in [0.1, 0.15) is 13.2 Å². The second-order valence-corrected chi connectivity index (χ2v) is 18.8. The maximum absolute atomic E-state index is 12.8. The number of hydrogen-bond acceptors (Lipinski definition) is 6. The quantitative estimate of drug-likeness (QED) is 0.0262. The van der Waals surface area contributed by atoms with Crippen LogP contribution < -0.4 is 0 Å². The normalized spacial score (nSPS) is 12.4. The third kappa shape index (κ3) is 52.2. The van der Waals surface area contributed by atoms with Crippen LogP contribution in [-0.4, -0.2) is 37.2 Å². The van der Waals surface area contributed by atoms with E-state index in [9.17, 15) is 14.4 Å². The molecule has 0 saturated carbocycles. The van der Waals surface area contributed by atoms with Crippen LogP contribution in [0.2, 0.25) is 0 Å². The third-order valence-electron chi connectivity index (χ3n) is 12.3. The first-order chi connectivity index (χ1) is 32.0. The lowest BCUT2D eigenvalue weighted by molar-refractivity contribution is -0.167. The van der Waals surface area contributed by atoms with Crippen molar-refractivity contribution >= 4 is 17.9 Å². The van der Waals surface area contributed by atoms with Gasteiger partial charge in [-0.05, 0) is 57.8 Å². The van der Waals surface area contributed by atoms with Crippen molar-refractivity contribution in [3.05, 3.63) is 48.6 Å². The minimum atomic E-state index is -0.765. The summed E-state index contributed by atoms with van der Waals surface area (Å²) in [6, 6.07) is 0. The summed E-state index contributed by atoms with van der Waals surface area (Å²) in [5, 5.41) is 0. The second kappa shape index (κ2) is 54.0. The summed E-state index contributed by atoms with van der Waals surface area (Å²) in [5.41, 5.74) is 0. The van der Waals surface area contributed by atoms with Crippen molar-refractivity contribution in [2.24, 2.45) is 0 Å². The molecular weight excluding hydrogens is 805 g/mol. The van der Waals surface area contributed by atoms with Crippen LogP contribution in [0.4, 0.5) is 0 Å². The average Bonchev–Trinajstić information content (AvgIpc) is 3.30. The first-order valence-electron chi connectivity index (χ1n) is 28.1. The summed E-state index contributed by atoms with van der Waals surface area (Å²) in [5.74, 6) is -0.866. The maximum Gasteiger partial charge on any atom is 0.306 e. The molecule has 0 aliphatic heterocycles. The van der Waals surface area contributed by atoms with Crippen molar-refractivity contribution in [1.29, 1.82) is 0 Å². The molecule has 378 valence electrons. The Morgan fingerprint density at radius 1 is 0.323 bits per heavy atom. The first kappa shape index (κ1) is 62.4. The van der Waals surface area contributed by atoms with Gasteiger partial charge in [-0.3, -0.25) is 14.4 Å². The number of carbonyl (C=O) groups excluding carboxylic acids is 3. The van der Waals surface area contributed by atoms with Gasteiger partial charge in [-0.15, -0.1) is 0 Å². The van der Waals surface area contributed by atoms with Gasteiger partial charge in [0.2, 0.25) is 0 Å². The summed E-state index contributed by atoms with van der Waals surface area (Å²) in [6.07, 6.45) is 65.7.